The number of hydrogen-bond donors (Lipinski definition) is 0. The summed E-state index contributed by atoms with van der Waals surface area (Å²) in [6.45, 7) is 4.92. The number of rotatable bonds is 3. The summed E-state index contributed by atoms with van der Waals surface area (Å²) in [5.41, 5.74) is 8.40. The largest absolute Gasteiger partial charge is 0.309 e. The van der Waals surface area contributed by atoms with Crippen molar-refractivity contribution in [2.45, 2.75) is 13.1 Å². The molecule has 5 aromatic rings. The summed E-state index contributed by atoms with van der Waals surface area (Å²) in [4.78, 5) is 11.0. The second kappa shape index (κ2) is 8.08. The van der Waals surface area contributed by atoms with E-state index in [1.807, 2.05) is 24.8 Å². The number of nitrogens with zero attached hydrogens (tertiary/aromatic N) is 3. The summed E-state index contributed by atoms with van der Waals surface area (Å²) in [6.07, 6.45) is 7.47. The van der Waals surface area contributed by atoms with Crippen LogP contribution in [0.1, 0.15) is 0 Å². The van der Waals surface area contributed by atoms with Crippen LogP contribution in [0.5, 0.6) is 0 Å². The second-order valence-electron chi connectivity index (χ2n) is 9.17. The molecule has 1 aliphatic heterocycles. The van der Waals surface area contributed by atoms with Crippen LogP contribution < -0.4 is 15.3 Å². The van der Waals surface area contributed by atoms with E-state index in [1.54, 1.807) is 0 Å². The van der Waals surface area contributed by atoms with Gasteiger partial charge in [-0.1, -0.05) is 67.7 Å². The van der Waals surface area contributed by atoms with E-state index in [-0.39, 0.29) is 0 Å². The Hall–Kier alpha value is -4.02. The van der Waals surface area contributed by atoms with Gasteiger partial charge in [-0.2, -0.15) is 0 Å². The first-order chi connectivity index (χ1) is 16.7. The molecule has 0 spiro atoms. The summed E-state index contributed by atoms with van der Waals surface area (Å²) >= 11 is 0. The maximum Gasteiger partial charge on any atom is 0.117 e. The van der Waals surface area contributed by atoms with Gasteiger partial charge in [-0.25, -0.2) is 0 Å². The van der Waals surface area contributed by atoms with Crippen LogP contribution in [0.3, 0.4) is 0 Å². The molecule has 0 saturated heterocycles. The van der Waals surface area contributed by atoms with Gasteiger partial charge in [0.2, 0.25) is 0 Å². The van der Waals surface area contributed by atoms with E-state index in [1.165, 1.54) is 38.6 Å². The Kier molecular flexibility index (Phi) is 4.89. The zero-order chi connectivity index (χ0) is 23.1. The van der Waals surface area contributed by atoms with Crippen LogP contribution in [-0.2, 0) is 0 Å². The summed E-state index contributed by atoms with van der Waals surface area (Å²) < 4.78 is 0. The molecule has 0 N–H and O–H groups in total. The van der Waals surface area contributed by atoms with Crippen molar-refractivity contribution in [2.75, 3.05) is 4.90 Å². The van der Waals surface area contributed by atoms with Crippen molar-refractivity contribution in [3.63, 3.8) is 0 Å². The van der Waals surface area contributed by atoms with Crippen molar-refractivity contribution in [1.82, 2.24) is 9.97 Å². The summed E-state index contributed by atoms with van der Waals surface area (Å²) in [5.74, 6) is 0. The maximum atomic E-state index is 4.27. The molecule has 0 atom stereocenters. The number of hydrogen-bond acceptors (Lipinski definition) is 3. The third kappa shape index (κ3) is 3.18. The fourth-order valence-electron chi connectivity index (χ4n) is 5.22. The molecule has 4 heteroatoms. The van der Waals surface area contributed by atoms with Crippen molar-refractivity contribution in [1.29, 1.82) is 0 Å². The van der Waals surface area contributed by atoms with Crippen molar-refractivity contribution in [3.8, 4) is 22.3 Å². The van der Waals surface area contributed by atoms with Gasteiger partial charge in [0, 0.05) is 47.3 Å². The monoisotopic (exact) mass is 455 g/mol. The molecule has 0 fully saturated rings. The molecule has 34 heavy (non-hydrogen) atoms. The SMILES string of the molecule is C[Si]1(C)c2ccccc2N(c2c(-c3ccncc3)cccc2-c2ccncc2)c2ccccc21. The number of benzene rings is 3. The molecule has 0 aliphatic carbocycles. The smallest absolute Gasteiger partial charge is 0.117 e. The molecular formula is C30H25N3Si. The lowest BCUT2D eigenvalue weighted by molar-refractivity contribution is 1.27. The molecule has 3 heterocycles. The molecule has 3 aromatic carbocycles. The van der Waals surface area contributed by atoms with E-state index in [4.69, 9.17) is 0 Å². The Morgan fingerprint density at radius 3 is 1.44 bits per heavy atom. The molecule has 0 amide bonds. The number of aromatic nitrogens is 2. The van der Waals surface area contributed by atoms with E-state index >= 15 is 0 Å². The maximum absolute atomic E-state index is 4.27. The Morgan fingerprint density at radius 2 is 0.971 bits per heavy atom. The highest BCUT2D eigenvalue weighted by atomic mass is 28.3. The molecule has 0 bridgehead atoms. The molecule has 0 unspecified atom stereocenters. The van der Waals surface area contributed by atoms with E-state index in [0.29, 0.717) is 0 Å². The molecule has 164 valence electrons. The normalized spacial score (nSPS) is 13.8. The predicted octanol–water partition coefficient (Wildman–Crippen LogP) is 6.42. The van der Waals surface area contributed by atoms with Crippen LogP contribution in [0.2, 0.25) is 13.1 Å². The van der Waals surface area contributed by atoms with Gasteiger partial charge in [0.15, 0.2) is 0 Å². The van der Waals surface area contributed by atoms with Gasteiger partial charge >= 0.3 is 0 Å². The molecule has 3 nitrogen and oxygen atoms in total. The lowest BCUT2D eigenvalue weighted by Crippen LogP contribution is -2.58. The van der Waals surface area contributed by atoms with Crippen LogP contribution in [0, 0.1) is 0 Å². The van der Waals surface area contributed by atoms with E-state index < -0.39 is 8.07 Å². The van der Waals surface area contributed by atoms with Gasteiger partial charge in [0.1, 0.15) is 8.07 Å². The van der Waals surface area contributed by atoms with Crippen molar-refractivity contribution >= 4 is 35.5 Å². The number of para-hydroxylation sites is 3. The summed E-state index contributed by atoms with van der Waals surface area (Å²) in [7, 11) is -1.86. The number of pyridine rings is 2. The standard InChI is InChI=1S/C30H25N3Si/c1-34(2)28-12-5-3-10-26(28)33(27-11-4-6-13-29(27)34)30-24(22-14-18-31-19-15-22)8-7-9-25(30)23-16-20-32-21-17-23/h3-21H,1-2H3. The molecular weight excluding hydrogens is 430 g/mol. The third-order valence-electron chi connectivity index (χ3n) is 6.88. The van der Waals surface area contributed by atoms with Crippen molar-refractivity contribution in [2.24, 2.45) is 0 Å². The van der Waals surface area contributed by atoms with Gasteiger partial charge < -0.3 is 4.90 Å². The van der Waals surface area contributed by atoms with E-state index in [0.717, 1.165) is 11.1 Å². The predicted molar refractivity (Wildman–Crippen MR) is 144 cm³/mol. The minimum atomic E-state index is -1.86. The molecule has 0 saturated carbocycles. The lowest BCUT2D eigenvalue weighted by atomic mass is 9.95. The fourth-order valence-corrected chi connectivity index (χ4v) is 8.21. The zero-order valence-corrected chi connectivity index (χ0v) is 20.3. The highest BCUT2D eigenvalue weighted by molar-refractivity contribution is 7.02. The van der Waals surface area contributed by atoms with Crippen molar-refractivity contribution < 1.29 is 0 Å². The first-order valence-electron chi connectivity index (χ1n) is 11.6. The minimum Gasteiger partial charge on any atom is -0.309 e. The van der Waals surface area contributed by atoms with Crippen molar-refractivity contribution in [3.05, 3.63) is 116 Å². The molecule has 2 aromatic heterocycles. The number of fused-ring (bicyclic) bond motifs is 2. The van der Waals surface area contributed by atoms with E-state index in [2.05, 4.69) is 119 Å². The van der Waals surface area contributed by atoms with Gasteiger partial charge in [-0.05, 0) is 57.9 Å². The Balaban J connectivity index is 1.73. The van der Waals surface area contributed by atoms with Gasteiger partial charge in [-0.3, -0.25) is 9.97 Å². The topological polar surface area (TPSA) is 29.0 Å². The van der Waals surface area contributed by atoms with Gasteiger partial charge in [0.25, 0.3) is 0 Å². The van der Waals surface area contributed by atoms with Crippen LogP contribution in [-0.4, -0.2) is 18.0 Å². The first-order valence-corrected chi connectivity index (χ1v) is 14.6. The average molecular weight is 456 g/mol. The zero-order valence-electron chi connectivity index (χ0n) is 19.3. The summed E-state index contributed by atoms with van der Waals surface area (Å²) in [5, 5.41) is 2.91. The van der Waals surface area contributed by atoms with Crippen LogP contribution in [0.25, 0.3) is 22.3 Å². The van der Waals surface area contributed by atoms with Crippen LogP contribution in [0.4, 0.5) is 17.1 Å². The first kappa shape index (κ1) is 20.6. The highest BCUT2D eigenvalue weighted by Gasteiger charge is 2.39. The lowest BCUT2D eigenvalue weighted by Gasteiger charge is -2.42. The molecule has 0 radical (unpaired) electrons. The van der Waals surface area contributed by atoms with Crippen LogP contribution >= 0.6 is 0 Å². The number of anilines is 3. The highest BCUT2D eigenvalue weighted by Crippen LogP contribution is 2.47. The van der Waals surface area contributed by atoms with Crippen LogP contribution in [0.15, 0.2) is 116 Å². The third-order valence-corrected chi connectivity index (χ3v) is 10.4. The van der Waals surface area contributed by atoms with Gasteiger partial charge in [-0.15, -0.1) is 0 Å². The van der Waals surface area contributed by atoms with E-state index in [9.17, 15) is 0 Å². The Bertz CT molecular complexity index is 1370. The summed E-state index contributed by atoms with van der Waals surface area (Å²) in [6, 6.07) is 32.8. The fraction of sp³-hybridized carbons (Fsp3) is 0.0667. The molecule has 6 rings (SSSR count). The quantitative estimate of drug-likeness (QED) is 0.294. The minimum absolute atomic E-state index is 1.15. The van der Waals surface area contributed by atoms with Gasteiger partial charge in [0.05, 0.1) is 5.69 Å². The second-order valence-corrected chi connectivity index (χ2v) is 13.5. The Labute approximate surface area is 201 Å². The average Bonchev–Trinajstić information content (AvgIpc) is 2.90. The Morgan fingerprint density at radius 1 is 0.529 bits per heavy atom. The molecule has 1 aliphatic rings.